The maximum absolute atomic E-state index is 15.9. The van der Waals surface area contributed by atoms with Crippen LogP contribution < -0.4 is 9.80 Å². The zero-order valence-corrected chi connectivity index (χ0v) is 21.9. The molecule has 2 saturated heterocycles. The van der Waals surface area contributed by atoms with Gasteiger partial charge in [0.2, 0.25) is 0 Å². The molecule has 0 aliphatic carbocycles. The highest BCUT2D eigenvalue weighted by atomic mass is 19.1. The third-order valence-electron chi connectivity index (χ3n) is 7.73. The molecule has 39 heavy (non-hydrogen) atoms. The minimum atomic E-state index is -0.654. The number of hydrogen-bond donors (Lipinski definition) is 0. The van der Waals surface area contributed by atoms with Gasteiger partial charge in [0.1, 0.15) is 29.0 Å². The predicted molar refractivity (Wildman–Crippen MR) is 146 cm³/mol. The largest absolute Gasteiger partial charge is 0.380 e. The van der Waals surface area contributed by atoms with Crippen molar-refractivity contribution in [2.24, 2.45) is 0 Å². The van der Waals surface area contributed by atoms with Crippen LogP contribution in [0.15, 0.2) is 48.7 Å². The first-order chi connectivity index (χ1) is 19.0. The number of piperazine rings is 1. The average Bonchev–Trinajstić information content (AvgIpc) is 3.59. The molecule has 0 N–H and O–H groups in total. The average molecular weight is 530 g/mol. The van der Waals surface area contributed by atoms with E-state index in [0.717, 1.165) is 50.5 Å². The van der Waals surface area contributed by atoms with Crippen LogP contribution in [0.4, 0.5) is 20.2 Å². The van der Waals surface area contributed by atoms with Crippen LogP contribution in [0.3, 0.4) is 0 Å². The number of aromatic nitrogens is 3. The van der Waals surface area contributed by atoms with Crippen LogP contribution in [0.1, 0.15) is 12.0 Å². The van der Waals surface area contributed by atoms with E-state index in [2.05, 4.69) is 26.7 Å². The quantitative estimate of drug-likeness (QED) is 0.383. The molecule has 0 spiro atoms. The number of methoxy groups -OCH3 is 1. The third kappa shape index (κ3) is 4.58. The first-order valence-corrected chi connectivity index (χ1v) is 13.1. The number of pyridine rings is 1. The van der Waals surface area contributed by atoms with Gasteiger partial charge in [-0.25, -0.2) is 18.7 Å². The molecule has 0 saturated carbocycles. The van der Waals surface area contributed by atoms with Crippen LogP contribution >= 0.6 is 0 Å². The van der Waals surface area contributed by atoms with Gasteiger partial charge in [-0.05, 0) is 55.9 Å². The highest BCUT2D eigenvalue weighted by Crippen LogP contribution is 2.35. The summed E-state index contributed by atoms with van der Waals surface area (Å²) in [6.07, 6.45) is 2.72. The van der Waals surface area contributed by atoms with Crippen LogP contribution in [-0.2, 0) is 4.74 Å². The summed E-state index contributed by atoms with van der Waals surface area (Å²) < 4.78 is 37.7. The molecule has 2 aliphatic rings. The lowest BCUT2D eigenvalue weighted by atomic mass is 10.1. The second kappa shape index (κ2) is 10.2. The van der Waals surface area contributed by atoms with Crippen molar-refractivity contribution >= 4 is 22.5 Å². The Labute approximate surface area is 225 Å². The Morgan fingerprint density at radius 1 is 0.949 bits per heavy atom. The topological polar surface area (TPSA) is 73.5 Å². The molecular formula is C29H29F2N7O. The molecule has 4 heterocycles. The van der Waals surface area contributed by atoms with E-state index >= 15 is 4.39 Å². The number of rotatable bonds is 5. The molecule has 0 amide bonds. The maximum atomic E-state index is 15.9. The molecule has 1 atom stereocenters. The fraction of sp³-hybridized carbons (Fsp3) is 0.345. The number of anilines is 2. The molecule has 2 fully saturated rings. The van der Waals surface area contributed by atoms with E-state index in [0.29, 0.717) is 29.1 Å². The standard InChI is InChI=1S/C29H29F2N7O/c1-35-11-13-36(14-12-35)26-7-9-33-29-27(26)34-28(19-3-4-20(17-32)23(30)15-19)38(29)25-6-5-21(16-24(25)31)37-10-8-22(18-37)39-2/h3-7,9,15-16,22H,8,10-14,18H2,1-2H3/t22-/m0/s1. The Kier molecular flexibility index (Phi) is 6.62. The highest BCUT2D eigenvalue weighted by molar-refractivity contribution is 5.90. The molecule has 0 unspecified atom stereocenters. The summed E-state index contributed by atoms with van der Waals surface area (Å²) in [5.41, 5.74) is 3.42. The first-order valence-electron chi connectivity index (χ1n) is 13.1. The van der Waals surface area contributed by atoms with Gasteiger partial charge in [-0.3, -0.25) is 4.57 Å². The number of nitrogens with zero attached hydrogens (tertiary/aromatic N) is 7. The van der Waals surface area contributed by atoms with Crippen LogP contribution in [0.2, 0.25) is 0 Å². The van der Waals surface area contributed by atoms with Gasteiger partial charge in [0, 0.05) is 63.8 Å². The number of nitriles is 1. The van der Waals surface area contributed by atoms with Crippen molar-refractivity contribution in [3.8, 4) is 23.1 Å². The fourth-order valence-electron chi connectivity index (χ4n) is 5.46. The Hall–Kier alpha value is -4.07. The lowest BCUT2D eigenvalue weighted by Gasteiger charge is -2.34. The summed E-state index contributed by atoms with van der Waals surface area (Å²) in [6, 6.07) is 13.2. The summed E-state index contributed by atoms with van der Waals surface area (Å²) >= 11 is 0. The molecule has 4 aromatic rings. The summed E-state index contributed by atoms with van der Waals surface area (Å²) in [6.45, 7) is 4.96. The molecule has 8 nitrogen and oxygen atoms in total. The zero-order chi connectivity index (χ0) is 27.1. The van der Waals surface area contributed by atoms with E-state index in [1.807, 2.05) is 18.2 Å². The van der Waals surface area contributed by atoms with Crippen molar-refractivity contribution in [2.75, 3.05) is 63.2 Å². The number of imidazole rings is 1. The second-order valence-corrected chi connectivity index (χ2v) is 10.1. The number of fused-ring (bicyclic) bond motifs is 1. The fourth-order valence-corrected chi connectivity index (χ4v) is 5.46. The number of likely N-dealkylation sites (N-methyl/N-ethyl adjacent to an activating group) is 1. The van der Waals surface area contributed by atoms with Crippen molar-refractivity contribution in [3.05, 3.63) is 65.9 Å². The predicted octanol–water partition coefficient (Wildman–Crippen LogP) is 4.21. The SMILES string of the molecule is CO[C@H]1CCN(c2ccc(-n3c(-c4ccc(C#N)c(F)c4)nc4c(N5CCN(C)CC5)ccnc43)c(F)c2)C1. The maximum Gasteiger partial charge on any atom is 0.167 e. The van der Waals surface area contributed by atoms with Gasteiger partial charge >= 0.3 is 0 Å². The monoisotopic (exact) mass is 529 g/mol. The van der Waals surface area contributed by atoms with Gasteiger partial charge in [0.15, 0.2) is 5.65 Å². The highest BCUT2D eigenvalue weighted by Gasteiger charge is 2.26. The summed E-state index contributed by atoms with van der Waals surface area (Å²) in [5.74, 6) is -0.733. The number of ether oxygens (including phenoxy) is 1. The van der Waals surface area contributed by atoms with Crippen LogP contribution in [0.25, 0.3) is 28.2 Å². The van der Waals surface area contributed by atoms with Gasteiger partial charge in [-0.2, -0.15) is 5.26 Å². The van der Waals surface area contributed by atoms with E-state index in [1.54, 1.807) is 30.0 Å². The summed E-state index contributed by atoms with van der Waals surface area (Å²) in [5, 5.41) is 9.22. The molecular weight excluding hydrogens is 500 g/mol. The van der Waals surface area contributed by atoms with Crippen molar-refractivity contribution in [2.45, 2.75) is 12.5 Å². The number of halogens is 2. The minimum absolute atomic E-state index is 0.0619. The Balaban J connectivity index is 1.50. The second-order valence-electron chi connectivity index (χ2n) is 10.1. The van der Waals surface area contributed by atoms with Crippen LogP contribution in [0.5, 0.6) is 0 Å². The summed E-state index contributed by atoms with van der Waals surface area (Å²) in [7, 11) is 3.79. The minimum Gasteiger partial charge on any atom is -0.380 e. The number of hydrogen-bond acceptors (Lipinski definition) is 7. The molecule has 2 aliphatic heterocycles. The van der Waals surface area contributed by atoms with Crippen LogP contribution in [-0.4, -0.2) is 79.0 Å². The van der Waals surface area contributed by atoms with Crippen LogP contribution in [0, 0.1) is 23.0 Å². The molecule has 0 bridgehead atoms. The van der Waals surface area contributed by atoms with Gasteiger partial charge < -0.3 is 19.4 Å². The van der Waals surface area contributed by atoms with E-state index in [4.69, 9.17) is 9.72 Å². The normalized spacial score (nSPS) is 18.2. The molecule has 200 valence electrons. The Morgan fingerprint density at radius 2 is 1.77 bits per heavy atom. The van der Waals surface area contributed by atoms with Gasteiger partial charge in [0.25, 0.3) is 0 Å². The van der Waals surface area contributed by atoms with Crippen molar-refractivity contribution in [1.29, 1.82) is 5.26 Å². The first kappa shape index (κ1) is 25.2. The van der Waals surface area contributed by atoms with E-state index < -0.39 is 11.6 Å². The van der Waals surface area contributed by atoms with Crippen molar-refractivity contribution in [3.63, 3.8) is 0 Å². The lowest BCUT2D eigenvalue weighted by Crippen LogP contribution is -2.44. The molecule has 0 radical (unpaired) electrons. The molecule has 6 rings (SSSR count). The summed E-state index contributed by atoms with van der Waals surface area (Å²) in [4.78, 5) is 16.2. The molecule has 10 heteroatoms. The van der Waals surface area contributed by atoms with E-state index in [9.17, 15) is 9.65 Å². The van der Waals surface area contributed by atoms with Gasteiger partial charge in [0.05, 0.1) is 23.0 Å². The molecule has 2 aromatic heterocycles. The molecule has 2 aromatic carbocycles. The lowest BCUT2D eigenvalue weighted by molar-refractivity contribution is 0.121. The Morgan fingerprint density at radius 3 is 2.46 bits per heavy atom. The van der Waals surface area contributed by atoms with E-state index in [1.165, 1.54) is 18.2 Å². The zero-order valence-electron chi connectivity index (χ0n) is 21.9. The smallest absolute Gasteiger partial charge is 0.167 e. The third-order valence-corrected chi connectivity index (χ3v) is 7.73. The van der Waals surface area contributed by atoms with Gasteiger partial charge in [-0.15, -0.1) is 0 Å². The van der Waals surface area contributed by atoms with Gasteiger partial charge in [-0.1, -0.05) is 0 Å². The van der Waals surface area contributed by atoms with E-state index in [-0.39, 0.29) is 17.4 Å². The van der Waals surface area contributed by atoms with Crippen molar-refractivity contribution in [1.82, 2.24) is 19.4 Å². The Bertz CT molecular complexity index is 1570. The number of benzene rings is 2. The van der Waals surface area contributed by atoms with Crippen molar-refractivity contribution < 1.29 is 13.5 Å².